The second-order valence-electron chi connectivity index (χ2n) is 4.96. The fraction of sp³-hybridized carbons (Fsp3) is 0.333. The Kier molecular flexibility index (Phi) is 3.52. The van der Waals surface area contributed by atoms with Gasteiger partial charge in [-0.1, -0.05) is 18.2 Å². The molecule has 1 aromatic heterocycles. The van der Waals surface area contributed by atoms with Gasteiger partial charge < -0.3 is 15.0 Å². The summed E-state index contributed by atoms with van der Waals surface area (Å²) in [6, 6.07) is 7.80. The van der Waals surface area contributed by atoms with Crippen LogP contribution in [0.1, 0.15) is 22.6 Å². The Bertz CT molecular complexity index is 679. The molecule has 0 saturated carbocycles. The van der Waals surface area contributed by atoms with Crippen molar-refractivity contribution in [3.05, 3.63) is 57.3 Å². The minimum atomic E-state index is -0.00384. The van der Waals surface area contributed by atoms with Crippen LogP contribution in [0, 0.1) is 0 Å². The number of H-pyrrole nitrogens is 1. The van der Waals surface area contributed by atoms with E-state index in [1.807, 2.05) is 24.3 Å². The van der Waals surface area contributed by atoms with E-state index in [2.05, 4.69) is 15.3 Å². The van der Waals surface area contributed by atoms with Crippen LogP contribution in [-0.4, -0.2) is 23.6 Å². The summed E-state index contributed by atoms with van der Waals surface area (Å²) in [5.74, 6) is 1.53. The third-order valence-corrected chi connectivity index (χ3v) is 3.63. The topological polar surface area (TPSA) is 71.6 Å². The molecular formula is C15H18N3O2+. The molecule has 0 saturated heterocycles. The minimum Gasteiger partial charge on any atom is -0.496 e. The van der Waals surface area contributed by atoms with Crippen molar-refractivity contribution in [1.29, 1.82) is 0 Å². The molecule has 0 unspecified atom stereocenters. The van der Waals surface area contributed by atoms with Crippen LogP contribution in [0.25, 0.3) is 0 Å². The number of fused-ring (bicyclic) bond motifs is 1. The molecule has 0 atom stereocenters. The molecular weight excluding hydrogens is 254 g/mol. The number of nitrogens with two attached hydrogens (primary N) is 1. The van der Waals surface area contributed by atoms with Crippen LogP contribution >= 0.6 is 0 Å². The maximum Gasteiger partial charge on any atom is 0.260 e. The Morgan fingerprint density at radius 2 is 2.25 bits per heavy atom. The normalized spacial score (nSPS) is 13.8. The Hall–Kier alpha value is -2.14. The van der Waals surface area contributed by atoms with Crippen LogP contribution in [0.3, 0.4) is 0 Å². The van der Waals surface area contributed by atoms with Crippen LogP contribution in [-0.2, 0) is 19.4 Å². The standard InChI is InChI=1S/C15H17N3O2/c1-20-13-5-3-2-4-10(13)8-14-17-12-6-7-16-9-11(12)15(19)18-14/h2-5,16H,6-9H2,1H3,(H,17,18,19)/p+1. The molecule has 1 aliphatic rings. The fourth-order valence-electron chi connectivity index (χ4n) is 2.61. The number of para-hydroxylation sites is 1. The zero-order chi connectivity index (χ0) is 13.9. The Morgan fingerprint density at radius 1 is 1.40 bits per heavy atom. The maximum absolute atomic E-state index is 12.1. The summed E-state index contributed by atoms with van der Waals surface area (Å²) in [6.07, 6.45) is 1.44. The van der Waals surface area contributed by atoms with Crippen LogP contribution in [0.15, 0.2) is 29.1 Å². The molecule has 0 spiro atoms. The number of aromatic amines is 1. The van der Waals surface area contributed by atoms with E-state index in [1.54, 1.807) is 7.11 Å². The Labute approximate surface area is 117 Å². The molecule has 3 rings (SSSR count). The highest BCUT2D eigenvalue weighted by molar-refractivity contribution is 5.35. The lowest BCUT2D eigenvalue weighted by Gasteiger charge is -2.14. The zero-order valence-electron chi connectivity index (χ0n) is 11.5. The van der Waals surface area contributed by atoms with Crippen molar-refractivity contribution >= 4 is 0 Å². The van der Waals surface area contributed by atoms with Gasteiger partial charge in [0.15, 0.2) is 0 Å². The van der Waals surface area contributed by atoms with Gasteiger partial charge in [-0.3, -0.25) is 4.79 Å². The summed E-state index contributed by atoms with van der Waals surface area (Å²) >= 11 is 0. The van der Waals surface area contributed by atoms with Gasteiger partial charge in [0.1, 0.15) is 18.1 Å². The van der Waals surface area contributed by atoms with E-state index in [0.29, 0.717) is 12.2 Å². The predicted molar refractivity (Wildman–Crippen MR) is 74.9 cm³/mol. The average molecular weight is 272 g/mol. The molecule has 0 bridgehead atoms. The lowest BCUT2D eigenvalue weighted by Crippen LogP contribution is -2.85. The van der Waals surface area contributed by atoms with Gasteiger partial charge in [0.2, 0.25) is 0 Å². The molecule has 0 aliphatic carbocycles. The van der Waals surface area contributed by atoms with Gasteiger partial charge in [0.05, 0.1) is 24.9 Å². The van der Waals surface area contributed by atoms with E-state index in [-0.39, 0.29) is 5.56 Å². The van der Waals surface area contributed by atoms with Crippen LogP contribution in [0.5, 0.6) is 5.75 Å². The first kappa shape index (κ1) is 12.9. The van der Waals surface area contributed by atoms with Gasteiger partial charge in [-0.15, -0.1) is 0 Å². The second-order valence-corrected chi connectivity index (χ2v) is 4.96. The monoisotopic (exact) mass is 272 g/mol. The van der Waals surface area contributed by atoms with Gasteiger partial charge in [-0.25, -0.2) is 4.98 Å². The number of hydrogen-bond donors (Lipinski definition) is 2. The number of hydrogen-bond acceptors (Lipinski definition) is 3. The number of nitrogens with zero attached hydrogens (tertiary/aromatic N) is 1. The molecule has 0 amide bonds. The highest BCUT2D eigenvalue weighted by atomic mass is 16.5. The molecule has 0 fully saturated rings. The summed E-state index contributed by atoms with van der Waals surface area (Å²) in [5.41, 5.74) is 2.79. The molecule has 2 aromatic rings. The summed E-state index contributed by atoms with van der Waals surface area (Å²) in [5, 5.41) is 2.14. The molecule has 104 valence electrons. The number of rotatable bonds is 3. The lowest BCUT2D eigenvalue weighted by atomic mass is 10.1. The molecule has 5 nitrogen and oxygen atoms in total. The number of methoxy groups -OCH3 is 1. The first-order valence-corrected chi connectivity index (χ1v) is 6.82. The van der Waals surface area contributed by atoms with Crippen molar-refractivity contribution in [2.75, 3.05) is 13.7 Å². The van der Waals surface area contributed by atoms with Crippen LogP contribution < -0.4 is 15.6 Å². The van der Waals surface area contributed by atoms with Gasteiger partial charge in [0.25, 0.3) is 5.56 Å². The van der Waals surface area contributed by atoms with E-state index in [0.717, 1.165) is 42.1 Å². The second kappa shape index (κ2) is 5.46. The first-order chi connectivity index (χ1) is 9.78. The van der Waals surface area contributed by atoms with E-state index in [9.17, 15) is 4.79 Å². The minimum absolute atomic E-state index is 0.00384. The lowest BCUT2D eigenvalue weighted by molar-refractivity contribution is -0.673. The summed E-state index contributed by atoms with van der Waals surface area (Å²) < 4.78 is 5.34. The third kappa shape index (κ3) is 2.44. The first-order valence-electron chi connectivity index (χ1n) is 6.82. The summed E-state index contributed by atoms with van der Waals surface area (Å²) in [7, 11) is 1.65. The maximum atomic E-state index is 12.1. The van der Waals surface area contributed by atoms with Crippen molar-refractivity contribution in [2.45, 2.75) is 19.4 Å². The van der Waals surface area contributed by atoms with Crippen molar-refractivity contribution < 1.29 is 10.1 Å². The molecule has 0 radical (unpaired) electrons. The SMILES string of the molecule is COc1ccccc1Cc1nc2c(c(=O)[nH]1)C[NH2+]CC2. The molecule has 20 heavy (non-hydrogen) atoms. The predicted octanol–water partition coefficient (Wildman–Crippen LogP) is -0.0112. The largest absolute Gasteiger partial charge is 0.496 e. The van der Waals surface area contributed by atoms with E-state index in [1.165, 1.54) is 0 Å². The van der Waals surface area contributed by atoms with E-state index in [4.69, 9.17) is 4.74 Å². The zero-order valence-corrected chi connectivity index (χ0v) is 11.5. The number of benzene rings is 1. The fourth-order valence-corrected chi connectivity index (χ4v) is 2.61. The average Bonchev–Trinajstić information content (AvgIpc) is 2.48. The third-order valence-electron chi connectivity index (χ3n) is 3.63. The molecule has 2 heterocycles. The molecule has 1 aromatic carbocycles. The number of quaternary nitrogens is 1. The van der Waals surface area contributed by atoms with E-state index < -0.39 is 0 Å². The van der Waals surface area contributed by atoms with Crippen molar-refractivity contribution in [3.8, 4) is 5.75 Å². The number of ether oxygens (including phenoxy) is 1. The Morgan fingerprint density at radius 3 is 3.10 bits per heavy atom. The summed E-state index contributed by atoms with van der Waals surface area (Å²) in [6.45, 7) is 1.73. The van der Waals surface area contributed by atoms with Gasteiger partial charge in [-0.05, 0) is 6.07 Å². The Balaban J connectivity index is 1.95. The summed E-state index contributed by atoms with van der Waals surface area (Å²) in [4.78, 5) is 19.6. The highest BCUT2D eigenvalue weighted by Gasteiger charge is 2.18. The highest BCUT2D eigenvalue weighted by Crippen LogP contribution is 2.19. The van der Waals surface area contributed by atoms with Crippen molar-refractivity contribution in [1.82, 2.24) is 9.97 Å². The molecule has 5 heteroatoms. The molecule has 3 N–H and O–H groups in total. The van der Waals surface area contributed by atoms with Gasteiger partial charge in [-0.2, -0.15) is 0 Å². The van der Waals surface area contributed by atoms with Gasteiger partial charge >= 0.3 is 0 Å². The van der Waals surface area contributed by atoms with Crippen molar-refractivity contribution in [3.63, 3.8) is 0 Å². The quantitative estimate of drug-likeness (QED) is 0.825. The van der Waals surface area contributed by atoms with Crippen molar-refractivity contribution in [2.24, 2.45) is 0 Å². The smallest absolute Gasteiger partial charge is 0.260 e. The molecule has 1 aliphatic heterocycles. The van der Waals surface area contributed by atoms with Crippen LogP contribution in [0.2, 0.25) is 0 Å². The van der Waals surface area contributed by atoms with E-state index >= 15 is 0 Å². The van der Waals surface area contributed by atoms with Crippen LogP contribution in [0.4, 0.5) is 0 Å². The number of aromatic nitrogens is 2. The number of nitrogens with one attached hydrogen (secondary N) is 1. The van der Waals surface area contributed by atoms with Gasteiger partial charge in [0, 0.05) is 18.4 Å².